The zero-order chi connectivity index (χ0) is 9.40. The molecule has 0 amide bonds. The molecular formula is C4H7I3NO4V-. The van der Waals surface area contributed by atoms with Gasteiger partial charge in [-0.2, -0.15) is 0 Å². The molecule has 13 heavy (non-hydrogen) atoms. The van der Waals surface area contributed by atoms with Crippen molar-refractivity contribution in [3.63, 3.8) is 0 Å². The first kappa shape index (κ1) is 17.3. The predicted octanol–water partition coefficient (Wildman–Crippen LogP) is -0.896. The Kier molecular flexibility index (Phi) is 16.0. The molecule has 0 bridgehead atoms. The second-order valence-electron chi connectivity index (χ2n) is 1.83. The van der Waals surface area contributed by atoms with Crippen LogP contribution in [0.15, 0.2) is 0 Å². The Morgan fingerprint density at radius 3 is 2.46 bits per heavy atom. The van der Waals surface area contributed by atoms with E-state index in [1.807, 2.05) is 0 Å². The van der Waals surface area contributed by atoms with E-state index in [-0.39, 0.29) is 18.6 Å². The van der Waals surface area contributed by atoms with Crippen molar-refractivity contribution in [3.8, 4) is 0 Å². The van der Waals surface area contributed by atoms with E-state index >= 15 is 0 Å². The summed E-state index contributed by atoms with van der Waals surface area (Å²) in [5.41, 5.74) is 0. The van der Waals surface area contributed by atoms with Gasteiger partial charge in [-0.15, -0.1) is 10.1 Å². The normalized spacial score (nSPS) is 19.7. The predicted molar refractivity (Wildman–Crippen MR) is 55.1 cm³/mol. The number of rotatable bonds is 2. The van der Waals surface area contributed by atoms with Gasteiger partial charge >= 0.3 is 50.5 Å². The molecule has 1 unspecified atom stereocenters. The summed E-state index contributed by atoms with van der Waals surface area (Å²) in [5.74, 6) is 0. The van der Waals surface area contributed by atoms with Gasteiger partial charge < -0.3 is 4.74 Å². The molecule has 0 aliphatic carbocycles. The summed E-state index contributed by atoms with van der Waals surface area (Å²) >= 11 is 5.30. The van der Waals surface area contributed by atoms with E-state index in [2.05, 4.69) is 42.1 Å². The second kappa shape index (κ2) is 12.0. The molecular weight excluding hydrogens is 558 g/mol. The van der Waals surface area contributed by atoms with E-state index in [1.54, 1.807) is 0 Å². The average Bonchev–Trinajstić information content (AvgIpc) is 2.40. The van der Waals surface area contributed by atoms with E-state index in [4.69, 9.17) is 4.74 Å². The first-order valence-corrected chi connectivity index (χ1v) is 15.6. The van der Waals surface area contributed by atoms with Crippen molar-refractivity contribution in [2.75, 3.05) is 6.61 Å². The molecule has 0 saturated carbocycles. The molecule has 0 aromatic rings. The van der Waals surface area contributed by atoms with Gasteiger partial charge in [-0.05, 0) is 6.42 Å². The summed E-state index contributed by atoms with van der Waals surface area (Å²) in [6, 6.07) is 0. The molecule has 1 aliphatic rings. The third-order valence-corrected chi connectivity index (χ3v) is 1.09. The van der Waals surface area contributed by atoms with Crippen LogP contribution in [0.25, 0.3) is 0 Å². The molecule has 0 N–H and O–H groups in total. The van der Waals surface area contributed by atoms with Crippen LogP contribution >= 0.6 is 37.2 Å². The van der Waals surface area contributed by atoms with Crippen LogP contribution < -0.4 is 13.3 Å². The summed E-state index contributed by atoms with van der Waals surface area (Å²) in [6.07, 6.45) is 0.861. The summed E-state index contributed by atoms with van der Waals surface area (Å²) in [6.45, 7) is 0.568. The van der Waals surface area contributed by atoms with Crippen LogP contribution in [0.4, 0.5) is 0 Å². The number of halogens is 3. The monoisotopic (exact) mass is 565 g/mol. The number of hydrogen-bond donors (Lipinski definition) is 0. The number of nitrogens with zero attached hydrogens (tertiary/aromatic N) is 1. The van der Waals surface area contributed by atoms with E-state index < -0.39 is 11.4 Å². The Hall–Kier alpha value is 1.93. The minimum absolute atomic E-state index is 0. The van der Waals surface area contributed by atoms with E-state index in [0.29, 0.717) is 26.3 Å². The topological polar surface area (TPSA) is 61.6 Å². The largest absolute Gasteiger partial charge is 0.352 e. The van der Waals surface area contributed by atoms with Crippen molar-refractivity contribution < 1.29 is 46.5 Å². The van der Waals surface area contributed by atoms with Crippen LogP contribution in [-0.4, -0.2) is 18.0 Å². The van der Waals surface area contributed by atoms with E-state index in [1.165, 1.54) is 0 Å². The van der Waals surface area contributed by atoms with Crippen molar-refractivity contribution in [1.82, 2.24) is 0 Å². The molecule has 1 fully saturated rings. The molecule has 9 heteroatoms. The van der Waals surface area contributed by atoms with Crippen LogP contribution in [0.5, 0.6) is 0 Å². The van der Waals surface area contributed by atoms with Gasteiger partial charge in [0.2, 0.25) is 6.29 Å². The first-order valence-electron chi connectivity index (χ1n) is 3.00. The van der Waals surface area contributed by atoms with Crippen molar-refractivity contribution in [1.29, 1.82) is 0 Å². The van der Waals surface area contributed by atoms with Crippen LogP contribution in [0.1, 0.15) is 12.8 Å². The van der Waals surface area contributed by atoms with Gasteiger partial charge in [0.1, 0.15) is 0 Å². The Labute approximate surface area is 118 Å². The maximum absolute atomic E-state index is 9.66. The molecule has 1 heterocycles. The smallest absolute Gasteiger partial charge is 0.297 e. The first-order chi connectivity index (χ1) is 5.70. The van der Waals surface area contributed by atoms with E-state index in [0.717, 1.165) is 6.42 Å². The zero-order valence-corrected chi connectivity index (χ0v) is 14.2. The second-order valence-corrected chi connectivity index (χ2v) is 18.1. The maximum atomic E-state index is 9.66. The Balaban J connectivity index is 0. The number of ether oxygens (including phenoxy) is 1. The molecule has 0 aromatic heterocycles. The quantitative estimate of drug-likeness (QED) is 0.248. The van der Waals surface area contributed by atoms with Gasteiger partial charge in [-0.3, -0.25) is 4.84 Å². The summed E-state index contributed by atoms with van der Waals surface area (Å²) in [5, 5.41) is 8.84. The van der Waals surface area contributed by atoms with Gasteiger partial charge in [-0.25, -0.2) is 0 Å². The molecule has 1 aliphatic heterocycles. The van der Waals surface area contributed by atoms with Crippen LogP contribution in [0.2, 0.25) is 0 Å². The molecule has 79 valence electrons. The standard InChI is InChI=1S/C4H7NO4.I3.V/c6-5(7)9-4-2-1-3-8-4;1-3-2;/h4H,1-3H2;;/q;-1;. The van der Waals surface area contributed by atoms with Crippen molar-refractivity contribution >= 4 is 37.2 Å². The average molecular weight is 565 g/mol. The zero-order valence-electron chi connectivity index (χ0n) is 6.36. The SMILES string of the molecule is I[I-]I.O=[N+]([O-])OC1CCCO1.[V]. The van der Waals surface area contributed by atoms with Gasteiger partial charge in [0.05, 0.1) is 0 Å². The molecule has 0 aromatic carbocycles. The summed E-state index contributed by atoms with van der Waals surface area (Å²) in [7, 11) is 0. The fourth-order valence-corrected chi connectivity index (χ4v) is 0.727. The van der Waals surface area contributed by atoms with Gasteiger partial charge in [0.15, 0.2) is 0 Å². The molecule has 1 radical (unpaired) electrons. The number of hydrogen-bond acceptors (Lipinski definition) is 4. The van der Waals surface area contributed by atoms with Crippen LogP contribution in [0.3, 0.4) is 0 Å². The van der Waals surface area contributed by atoms with Crippen molar-refractivity contribution in [3.05, 3.63) is 10.1 Å². The van der Waals surface area contributed by atoms with Crippen molar-refractivity contribution in [2.24, 2.45) is 0 Å². The van der Waals surface area contributed by atoms with Gasteiger partial charge in [0.25, 0.3) is 5.09 Å². The van der Waals surface area contributed by atoms with Crippen LogP contribution in [0, 0.1) is 10.1 Å². The maximum Gasteiger partial charge on any atom is 0.297 e. The Morgan fingerprint density at radius 2 is 2.15 bits per heavy atom. The van der Waals surface area contributed by atoms with Crippen molar-refractivity contribution in [2.45, 2.75) is 19.1 Å². The summed E-state index contributed by atoms with van der Waals surface area (Å²) in [4.78, 5) is 13.8. The van der Waals surface area contributed by atoms with Crippen LogP contribution in [-0.2, 0) is 28.1 Å². The Morgan fingerprint density at radius 1 is 1.62 bits per heavy atom. The fourth-order valence-electron chi connectivity index (χ4n) is 0.727. The fraction of sp³-hybridized carbons (Fsp3) is 1.00. The third kappa shape index (κ3) is 11.9. The molecule has 1 atom stereocenters. The summed E-state index contributed by atoms with van der Waals surface area (Å²) < 4.78 is 4.80. The van der Waals surface area contributed by atoms with Gasteiger partial charge in [0, 0.05) is 31.6 Å². The molecule has 1 saturated heterocycles. The third-order valence-electron chi connectivity index (χ3n) is 1.09. The van der Waals surface area contributed by atoms with Gasteiger partial charge in [-0.1, -0.05) is 0 Å². The molecule has 1 rings (SSSR count). The molecule has 0 spiro atoms. The van der Waals surface area contributed by atoms with E-state index in [9.17, 15) is 10.1 Å². The minimum Gasteiger partial charge on any atom is -0.352 e. The Bertz CT molecular complexity index is 135. The minimum atomic E-state index is -0.823. The molecule has 5 nitrogen and oxygen atoms in total.